The van der Waals surface area contributed by atoms with E-state index in [1.165, 1.54) is 6.42 Å². The van der Waals surface area contributed by atoms with Crippen LogP contribution in [0.1, 0.15) is 44.4 Å². The molecule has 3 heteroatoms. The molecule has 1 heterocycles. The van der Waals surface area contributed by atoms with Crippen molar-refractivity contribution in [2.45, 2.75) is 52.4 Å². The molecule has 3 rings (SSSR count). The molecule has 2 aromatic rings. The van der Waals surface area contributed by atoms with Crippen LogP contribution in [0.3, 0.4) is 0 Å². The van der Waals surface area contributed by atoms with Crippen LogP contribution in [0.5, 0.6) is 0 Å². The van der Waals surface area contributed by atoms with Crippen molar-refractivity contribution in [3.05, 3.63) is 35.6 Å². The third kappa shape index (κ3) is 3.14. The summed E-state index contributed by atoms with van der Waals surface area (Å²) in [4.78, 5) is 0. The number of benzene rings is 1. The molecule has 2 N–H and O–H groups in total. The van der Waals surface area contributed by atoms with Crippen molar-refractivity contribution in [1.82, 2.24) is 0 Å². The van der Waals surface area contributed by atoms with Crippen molar-refractivity contribution >= 4 is 11.0 Å². The second kappa shape index (κ2) is 6.20. The van der Waals surface area contributed by atoms with Crippen molar-refractivity contribution < 1.29 is 9.15 Å². The lowest BCUT2D eigenvalue weighted by atomic mass is 9.82. The summed E-state index contributed by atoms with van der Waals surface area (Å²) >= 11 is 0. The topological polar surface area (TPSA) is 48.4 Å². The fourth-order valence-electron chi connectivity index (χ4n) is 3.69. The Hall–Kier alpha value is -1.32. The van der Waals surface area contributed by atoms with E-state index in [-0.39, 0.29) is 0 Å². The molecule has 1 aromatic heterocycles. The van der Waals surface area contributed by atoms with Gasteiger partial charge in [0.2, 0.25) is 0 Å². The Bertz CT molecular complexity index is 594. The third-order valence-corrected chi connectivity index (χ3v) is 4.57. The Morgan fingerprint density at radius 1 is 1.14 bits per heavy atom. The van der Waals surface area contributed by atoms with E-state index < -0.39 is 0 Å². The van der Waals surface area contributed by atoms with E-state index in [1.54, 1.807) is 0 Å². The van der Waals surface area contributed by atoms with Gasteiger partial charge in [-0.1, -0.05) is 32.0 Å². The molecule has 1 saturated carbocycles. The fourth-order valence-corrected chi connectivity index (χ4v) is 3.69. The zero-order chi connectivity index (χ0) is 14.8. The normalized spacial score (nSPS) is 26.3. The molecule has 114 valence electrons. The van der Waals surface area contributed by atoms with Crippen molar-refractivity contribution in [3.8, 4) is 0 Å². The maximum Gasteiger partial charge on any atom is 0.135 e. The Labute approximate surface area is 126 Å². The molecule has 0 amide bonds. The highest BCUT2D eigenvalue weighted by atomic mass is 16.5. The summed E-state index contributed by atoms with van der Waals surface area (Å²) in [5, 5.41) is 1.11. The Kier molecular flexibility index (Phi) is 4.32. The number of ether oxygens (including phenoxy) is 1. The summed E-state index contributed by atoms with van der Waals surface area (Å²) in [6.45, 7) is 5.66. The SMILES string of the molecule is CC1CC(C)CC(OCc2oc3ccccc3c2CN)C1. The molecule has 0 aliphatic heterocycles. The van der Waals surface area contributed by atoms with Gasteiger partial charge in [0.1, 0.15) is 18.0 Å². The predicted octanol–water partition coefficient (Wildman–Crippen LogP) is 4.23. The minimum absolute atomic E-state index is 0.350. The van der Waals surface area contributed by atoms with E-state index in [1.807, 2.05) is 18.2 Å². The van der Waals surface area contributed by atoms with Gasteiger partial charge in [-0.05, 0) is 37.2 Å². The van der Waals surface area contributed by atoms with E-state index in [0.29, 0.717) is 19.3 Å². The van der Waals surface area contributed by atoms with Gasteiger partial charge in [0.25, 0.3) is 0 Å². The van der Waals surface area contributed by atoms with Gasteiger partial charge >= 0.3 is 0 Å². The number of hydrogen-bond donors (Lipinski definition) is 1. The number of nitrogens with two attached hydrogens (primary N) is 1. The molecule has 1 aliphatic carbocycles. The molecule has 0 saturated heterocycles. The van der Waals surface area contributed by atoms with Gasteiger partial charge in [-0.3, -0.25) is 0 Å². The Morgan fingerprint density at radius 3 is 2.57 bits per heavy atom. The first-order valence-electron chi connectivity index (χ1n) is 7.98. The van der Waals surface area contributed by atoms with Crippen LogP contribution < -0.4 is 5.73 Å². The summed E-state index contributed by atoms with van der Waals surface area (Å²) in [5.74, 6) is 2.40. The highest BCUT2D eigenvalue weighted by Gasteiger charge is 2.25. The highest BCUT2D eigenvalue weighted by molar-refractivity contribution is 5.82. The van der Waals surface area contributed by atoms with Gasteiger partial charge in [-0.25, -0.2) is 0 Å². The smallest absolute Gasteiger partial charge is 0.135 e. The highest BCUT2D eigenvalue weighted by Crippen LogP contribution is 2.32. The number of hydrogen-bond acceptors (Lipinski definition) is 3. The molecule has 1 aromatic carbocycles. The maximum atomic E-state index is 6.13. The minimum Gasteiger partial charge on any atom is -0.458 e. The zero-order valence-electron chi connectivity index (χ0n) is 13.0. The number of fused-ring (bicyclic) bond motifs is 1. The molecule has 1 aliphatic rings. The lowest BCUT2D eigenvalue weighted by Gasteiger charge is -2.31. The molecular formula is C18H25NO2. The van der Waals surface area contributed by atoms with Gasteiger partial charge in [-0.2, -0.15) is 0 Å². The van der Waals surface area contributed by atoms with Crippen LogP contribution in [0.15, 0.2) is 28.7 Å². The molecule has 0 spiro atoms. The van der Waals surface area contributed by atoms with E-state index in [2.05, 4.69) is 19.9 Å². The summed E-state index contributed by atoms with van der Waals surface area (Å²) in [6.07, 6.45) is 3.98. The van der Waals surface area contributed by atoms with Gasteiger partial charge in [0, 0.05) is 17.5 Å². The Morgan fingerprint density at radius 2 is 1.86 bits per heavy atom. The quantitative estimate of drug-likeness (QED) is 0.915. The maximum absolute atomic E-state index is 6.13. The number of para-hydroxylation sites is 1. The van der Waals surface area contributed by atoms with Crippen LogP contribution in [0.25, 0.3) is 11.0 Å². The monoisotopic (exact) mass is 287 g/mol. The largest absolute Gasteiger partial charge is 0.458 e. The summed E-state index contributed by atoms with van der Waals surface area (Å²) < 4.78 is 12.1. The molecule has 1 fully saturated rings. The van der Waals surface area contributed by atoms with E-state index in [0.717, 1.165) is 47.0 Å². The van der Waals surface area contributed by atoms with Gasteiger partial charge in [0.05, 0.1) is 6.10 Å². The lowest BCUT2D eigenvalue weighted by molar-refractivity contribution is -0.0155. The molecule has 2 unspecified atom stereocenters. The minimum atomic E-state index is 0.350. The molecule has 0 bridgehead atoms. The summed E-state index contributed by atoms with van der Waals surface area (Å²) in [5.41, 5.74) is 7.89. The van der Waals surface area contributed by atoms with Gasteiger partial charge < -0.3 is 14.9 Å². The van der Waals surface area contributed by atoms with Crippen LogP contribution in [0, 0.1) is 11.8 Å². The molecule has 21 heavy (non-hydrogen) atoms. The Balaban J connectivity index is 1.73. The molecule has 2 atom stereocenters. The van der Waals surface area contributed by atoms with Crippen LogP contribution in [0.2, 0.25) is 0 Å². The number of furan rings is 1. The van der Waals surface area contributed by atoms with Crippen molar-refractivity contribution in [2.24, 2.45) is 17.6 Å². The van der Waals surface area contributed by atoms with E-state index in [9.17, 15) is 0 Å². The fraction of sp³-hybridized carbons (Fsp3) is 0.556. The van der Waals surface area contributed by atoms with Crippen LogP contribution >= 0.6 is 0 Å². The second-order valence-corrected chi connectivity index (χ2v) is 6.55. The first-order chi connectivity index (χ1) is 10.2. The van der Waals surface area contributed by atoms with Crippen molar-refractivity contribution in [2.75, 3.05) is 0 Å². The standard InChI is InChI=1S/C18H25NO2/c1-12-7-13(2)9-14(8-12)20-11-18-16(10-19)15-5-3-4-6-17(15)21-18/h3-6,12-14H,7-11,19H2,1-2H3. The van der Waals surface area contributed by atoms with Crippen LogP contribution in [-0.2, 0) is 17.9 Å². The van der Waals surface area contributed by atoms with Crippen molar-refractivity contribution in [3.63, 3.8) is 0 Å². The lowest BCUT2D eigenvalue weighted by Crippen LogP contribution is -2.26. The average molecular weight is 287 g/mol. The van der Waals surface area contributed by atoms with Crippen LogP contribution in [-0.4, -0.2) is 6.10 Å². The molecule has 0 radical (unpaired) electrons. The summed E-state index contributed by atoms with van der Waals surface area (Å²) in [6, 6.07) is 8.06. The van der Waals surface area contributed by atoms with E-state index >= 15 is 0 Å². The molecular weight excluding hydrogens is 262 g/mol. The first kappa shape index (κ1) is 14.6. The molecule has 3 nitrogen and oxygen atoms in total. The van der Waals surface area contributed by atoms with Gasteiger partial charge in [-0.15, -0.1) is 0 Å². The predicted molar refractivity (Wildman–Crippen MR) is 84.9 cm³/mol. The zero-order valence-corrected chi connectivity index (χ0v) is 13.0. The van der Waals surface area contributed by atoms with Crippen molar-refractivity contribution in [1.29, 1.82) is 0 Å². The number of rotatable bonds is 4. The average Bonchev–Trinajstić information content (AvgIpc) is 2.81. The van der Waals surface area contributed by atoms with E-state index in [4.69, 9.17) is 14.9 Å². The first-order valence-corrected chi connectivity index (χ1v) is 7.98. The van der Waals surface area contributed by atoms with Gasteiger partial charge in [0.15, 0.2) is 0 Å². The van der Waals surface area contributed by atoms with Crippen LogP contribution in [0.4, 0.5) is 0 Å². The second-order valence-electron chi connectivity index (χ2n) is 6.55. The summed E-state index contributed by atoms with van der Waals surface area (Å²) in [7, 11) is 0. The third-order valence-electron chi connectivity index (χ3n) is 4.57.